The molecule has 0 radical (unpaired) electrons. The molecule has 7 heteroatoms. The molecular weight excluding hydrogens is 295 g/mol. The first-order chi connectivity index (χ1) is 10.0. The van der Waals surface area contributed by atoms with E-state index in [4.69, 9.17) is 10.6 Å². The van der Waals surface area contributed by atoms with Crippen LogP contribution in [0.25, 0.3) is 0 Å². The Labute approximate surface area is 124 Å². The third kappa shape index (κ3) is 3.45. The number of ketones is 1. The second-order valence-electron chi connectivity index (χ2n) is 4.23. The molecule has 0 aliphatic carbocycles. The van der Waals surface area contributed by atoms with Crippen molar-refractivity contribution >= 4 is 23.0 Å². The molecule has 0 saturated carbocycles. The number of hydrazine groups is 1. The van der Waals surface area contributed by atoms with Gasteiger partial charge in [-0.15, -0.1) is 11.3 Å². The van der Waals surface area contributed by atoms with Gasteiger partial charge in [-0.3, -0.25) is 15.0 Å². The van der Waals surface area contributed by atoms with Crippen molar-refractivity contribution in [1.82, 2.24) is 5.43 Å². The molecule has 2 aromatic rings. The lowest BCUT2D eigenvalue weighted by molar-refractivity contribution is 0.0954. The van der Waals surface area contributed by atoms with Gasteiger partial charge in [0.2, 0.25) is 0 Å². The van der Waals surface area contributed by atoms with Crippen molar-refractivity contribution < 1.29 is 18.7 Å². The summed E-state index contributed by atoms with van der Waals surface area (Å²) in [5, 5.41) is 1.74. The average molecular weight is 308 g/mol. The molecule has 2 rings (SSSR count). The van der Waals surface area contributed by atoms with Gasteiger partial charge < -0.3 is 4.74 Å². The fraction of sp³-hybridized carbons (Fsp3) is 0.143. The van der Waals surface area contributed by atoms with Crippen molar-refractivity contribution in [3.8, 4) is 5.75 Å². The predicted molar refractivity (Wildman–Crippen MR) is 76.7 cm³/mol. The first-order valence-electron chi connectivity index (χ1n) is 6.03. The molecule has 0 spiro atoms. The van der Waals surface area contributed by atoms with Crippen molar-refractivity contribution in [2.24, 2.45) is 5.84 Å². The topological polar surface area (TPSA) is 81.4 Å². The Bertz CT molecular complexity index is 685. The normalized spacial score (nSPS) is 10.2. The summed E-state index contributed by atoms with van der Waals surface area (Å²) in [5.41, 5.74) is 2.72. The molecule has 0 fully saturated rings. The smallest absolute Gasteiger partial charge is 0.275 e. The van der Waals surface area contributed by atoms with E-state index in [0.29, 0.717) is 10.4 Å². The third-order valence-electron chi connectivity index (χ3n) is 2.80. The summed E-state index contributed by atoms with van der Waals surface area (Å²) in [7, 11) is 0. The standard InChI is InChI=1S/C14H13FN2O3S/c1-8(18)11-3-2-10(6-12(11)15)20-7-9-4-5-21-13(9)14(19)17-16/h2-6H,7,16H2,1H3,(H,17,19). The molecule has 110 valence electrons. The lowest BCUT2D eigenvalue weighted by atomic mass is 10.1. The van der Waals surface area contributed by atoms with Gasteiger partial charge >= 0.3 is 0 Å². The Hall–Kier alpha value is -2.25. The number of thiophene rings is 1. The maximum atomic E-state index is 13.6. The Morgan fingerprint density at radius 1 is 1.38 bits per heavy atom. The summed E-state index contributed by atoms with van der Waals surface area (Å²) < 4.78 is 19.1. The van der Waals surface area contributed by atoms with Gasteiger partial charge in [0.05, 0.1) is 10.4 Å². The number of benzene rings is 1. The van der Waals surface area contributed by atoms with Gasteiger partial charge in [-0.1, -0.05) is 0 Å². The quantitative estimate of drug-likeness (QED) is 0.384. The Morgan fingerprint density at radius 3 is 2.76 bits per heavy atom. The molecule has 0 aliphatic rings. The van der Waals surface area contributed by atoms with Crippen molar-refractivity contribution in [3.05, 3.63) is 51.5 Å². The number of Topliss-reactive ketones (excluding diaryl/α,β-unsaturated/α-hetero) is 1. The minimum Gasteiger partial charge on any atom is -0.489 e. The molecule has 0 aliphatic heterocycles. The van der Waals surface area contributed by atoms with Crippen LogP contribution in [0.4, 0.5) is 4.39 Å². The molecule has 0 bridgehead atoms. The number of hydrogen-bond acceptors (Lipinski definition) is 5. The Morgan fingerprint density at radius 2 is 2.14 bits per heavy atom. The average Bonchev–Trinajstić information content (AvgIpc) is 2.92. The maximum absolute atomic E-state index is 13.6. The van der Waals surface area contributed by atoms with E-state index in [-0.39, 0.29) is 23.7 Å². The van der Waals surface area contributed by atoms with Gasteiger partial charge in [0.15, 0.2) is 5.78 Å². The number of ether oxygens (including phenoxy) is 1. The summed E-state index contributed by atoms with van der Waals surface area (Å²) in [6.07, 6.45) is 0. The van der Waals surface area contributed by atoms with Crippen molar-refractivity contribution in [1.29, 1.82) is 0 Å². The van der Waals surface area contributed by atoms with E-state index in [2.05, 4.69) is 5.43 Å². The molecule has 1 aromatic heterocycles. The van der Waals surface area contributed by atoms with Gasteiger partial charge in [-0.2, -0.15) is 0 Å². The molecule has 1 aromatic carbocycles. The third-order valence-corrected chi connectivity index (χ3v) is 3.75. The summed E-state index contributed by atoms with van der Waals surface area (Å²) in [4.78, 5) is 23.1. The minimum atomic E-state index is -0.634. The number of carbonyl (C=O) groups excluding carboxylic acids is 2. The molecule has 1 heterocycles. The van der Waals surface area contributed by atoms with Crippen LogP contribution in [-0.4, -0.2) is 11.7 Å². The highest BCUT2D eigenvalue weighted by molar-refractivity contribution is 7.12. The van der Waals surface area contributed by atoms with Crippen molar-refractivity contribution in [2.75, 3.05) is 0 Å². The second-order valence-corrected chi connectivity index (χ2v) is 5.15. The zero-order chi connectivity index (χ0) is 15.4. The van der Waals surface area contributed by atoms with Gasteiger partial charge in [-0.05, 0) is 30.5 Å². The van der Waals surface area contributed by atoms with E-state index in [1.807, 2.05) is 0 Å². The summed E-state index contributed by atoms with van der Waals surface area (Å²) >= 11 is 1.24. The van der Waals surface area contributed by atoms with Crippen LogP contribution in [0.1, 0.15) is 32.5 Å². The molecule has 5 nitrogen and oxygen atoms in total. The molecule has 0 unspecified atom stereocenters. The highest BCUT2D eigenvalue weighted by Crippen LogP contribution is 2.21. The van der Waals surface area contributed by atoms with E-state index >= 15 is 0 Å². The van der Waals surface area contributed by atoms with Crippen LogP contribution in [0.3, 0.4) is 0 Å². The van der Waals surface area contributed by atoms with Crippen molar-refractivity contribution in [2.45, 2.75) is 13.5 Å². The first kappa shape index (κ1) is 15.1. The number of halogens is 1. The summed E-state index contributed by atoms with van der Waals surface area (Å²) in [5.74, 6) is 3.99. The molecule has 1 amide bonds. The lowest BCUT2D eigenvalue weighted by Crippen LogP contribution is -2.30. The van der Waals surface area contributed by atoms with E-state index in [1.54, 1.807) is 11.4 Å². The zero-order valence-electron chi connectivity index (χ0n) is 11.2. The lowest BCUT2D eigenvalue weighted by Gasteiger charge is -2.08. The van der Waals surface area contributed by atoms with Crippen LogP contribution in [0.5, 0.6) is 5.75 Å². The number of carbonyl (C=O) groups is 2. The SMILES string of the molecule is CC(=O)c1ccc(OCc2ccsc2C(=O)NN)cc1F. The van der Waals surface area contributed by atoms with Crippen molar-refractivity contribution in [3.63, 3.8) is 0 Å². The summed E-state index contributed by atoms with van der Waals surface area (Å²) in [6.45, 7) is 1.40. The minimum absolute atomic E-state index is 0.0149. The molecule has 0 atom stereocenters. The number of nitrogens with one attached hydrogen (secondary N) is 1. The van der Waals surface area contributed by atoms with Crippen LogP contribution >= 0.6 is 11.3 Å². The van der Waals surface area contributed by atoms with E-state index in [1.165, 1.54) is 30.4 Å². The number of nitrogen functional groups attached to an aromatic ring is 1. The Balaban J connectivity index is 2.10. The van der Waals surface area contributed by atoms with Gasteiger partial charge in [-0.25, -0.2) is 10.2 Å². The van der Waals surface area contributed by atoms with Crippen LogP contribution in [0.2, 0.25) is 0 Å². The fourth-order valence-corrected chi connectivity index (χ4v) is 2.56. The van der Waals surface area contributed by atoms with Gasteiger partial charge in [0.25, 0.3) is 5.91 Å². The van der Waals surface area contributed by atoms with Gasteiger partial charge in [0.1, 0.15) is 18.2 Å². The summed E-state index contributed by atoms with van der Waals surface area (Å²) in [6, 6.07) is 5.75. The van der Waals surface area contributed by atoms with Crippen LogP contribution in [0, 0.1) is 5.82 Å². The fourth-order valence-electron chi connectivity index (χ4n) is 1.75. The van der Waals surface area contributed by atoms with Crippen LogP contribution < -0.4 is 16.0 Å². The monoisotopic (exact) mass is 308 g/mol. The number of hydrogen-bond donors (Lipinski definition) is 2. The highest BCUT2D eigenvalue weighted by atomic mass is 32.1. The first-order valence-corrected chi connectivity index (χ1v) is 6.91. The molecule has 21 heavy (non-hydrogen) atoms. The molecular formula is C14H13FN2O3S. The second kappa shape index (κ2) is 6.47. The zero-order valence-corrected chi connectivity index (χ0v) is 12.0. The molecule has 3 N–H and O–H groups in total. The predicted octanol–water partition coefficient (Wildman–Crippen LogP) is 2.27. The largest absolute Gasteiger partial charge is 0.489 e. The number of nitrogens with two attached hydrogens (primary N) is 1. The molecule has 0 saturated heterocycles. The van der Waals surface area contributed by atoms with Gasteiger partial charge in [0, 0.05) is 11.6 Å². The maximum Gasteiger partial charge on any atom is 0.275 e. The Kier molecular flexibility index (Phi) is 4.66. The van der Waals surface area contributed by atoms with Crippen LogP contribution in [-0.2, 0) is 6.61 Å². The highest BCUT2D eigenvalue weighted by Gasteiger charge is 2.13. The number of amides is 1. The van der Waals surface area contributed by atoms with E-state index in [9.17, 15) is 14.0 Å². The van der Waals surface area contributed by atoms with E-state index in [0.717, 1.165) is 6.07 Å². The number of rotatable bonds is 5. The van der Waals surface area contributed by atoms with E-state index < -0.39 is 11.7 Å². The van der Waals surface area contributed by atoms with Crippen LogP contribution in [0.15, 0.2) is 29.6 Å².